The molecule has 0 unspecified atom stereocenters. The van der Waals surface area contributed by atoms with Crippen LogP contribution in [0.15, 0.2) is 12.1 Å². The summed E-state index contributed by atoms with van der Waals surface area (Å²) in [6, 6.07) is 1.95. The van der Waals surface area contributed by atoms with Crippen LogP contribution >= 0.6 is 0 Å². The standard InChI is InChI=1S/C16H20F5NO.C2H6/c1-10(2)15-13(18)7-11(17)8-14(15)23-12-3-5-22(6-4-12)9-16(19,20)21;1-2/h7-8,10,12H,3-6,9H2,1-2H3;1-2H3. The Morgan fingerprint density at radius 2 is 1.68 bits per heavy atom. The van der Waals surface area contributed by atoms with E-state index in [0.717, 1.165) is 12.1 Å². The summed E-state index contributed by atoms with van der Waals surface area (Å²) in [5.74, 6) is -1.43. The van der Waals surface area contributed by atoms with Crippen LogP contribution in [-0.4, -0.2) is 36.8 Å². The Balaban J connectivity index is 0.00000151. The fourth-order valence-corrected chi connectivity index (χ4v) is 2.84. The van der Waals surface area contributed by atoms with Gasteiger partial charge < -0.3 is 4.74 Å². The van der Waals surface area contributed by atoms with Crippen molar-refractivity contribution in [3.8, 4) is 5.75 Å². The molecule has 0 aliphatic carbocycles. The van der Waals surface area contributed by atoms with Gasteiger partial charge in [0.1, 0.15) is 23.5 Å². The lowest BCUT2D eigenvalue weighted by molar-refractivity contribution is -0.149. The minimum Gasteiger partial charge on any atom is -0.490 e. The lowest BCUT2D eigenvalue weighted by Crippen LogP contribution is -2.42. The van der Waals surface area contributed by atoms with Crippen molar-refractivity contribution in [1.82, 2.24) is 4.90 Å². The van der Waals surface area contributed by atoms with Crippen molar-refractivity contribution in [2.45, 2.75) is 58.7 Å². The fourth-order valence-electron chi connectivity index (χ4n) is 2.84. The molecule has 1 aromatic carbocycles. The molecular weight excluding hydrogens is 341 g/mol. The highest BCUT2D eigenvalue weighted by molar-refractivity contribution is 5.37. The van der Waals surface area contributed by atoms with Crippen LogP contribution in [0.5, 0.6) is 5.75 Å². The maximum absolute atomic E-state index is 13.9. The fraction of sp³-hybridized carbons (Fsp3) is 0.667. The molecule has 0 amide bonds. The number of halogens is 5. The average Bonchev–Trinajstić information content (AvgIpc) is 2.48. The third-order valence-corrected chi connectivity index (χ3v) is 3.86. The summed E-state index contributed by atoms with van der Waals surface area (Å²) in [7, 11) is 0. The van der Waals surface area contributed by atoms with Crippen molar-refractivity contribution in [3.05, 3.63) is 29.3 Å². The largest absolute Gasteiger partial charge is 0.490 e. The molecule has 0 atom stereocenters. The number of rotatable bonds is 4. The van der Waals surface area contributed by atoms with Gasteiger partial charge in [0.2, 0.25) is 0 Å². The number of piperidine rings is 1. The third-order valence-electron chi connectivity index (χ3n) is 3.86. The molecule has 0 saturated carbocycles. The Morgan fingerprint density at radius 3 is 2.16 bits per heavy atom. The van der Waals surface area contributed by atoms with E-state index in [0.29, 0.717) is 18.4 Å². The number of likely N-dealkylation sites (tertiary alicyclic amines) is 1. The lowest BCUT2D eigenvalue weighted by Gasteiger charge is -2.33. The number of hydrogen-bond acceptors (Lipinski definition) is 2. The number of nitrogens with zero attached hydrogens (tertiary/aromatic N) is 1. The smallest absolute Gasteiger partial charge is 0.401 e. The van der Waals surface area contributed by atoms with Gasteiger partial charge in [-0.15, -0.1) is 0 Å². The molecule has 0 N–H and O–H groups in total. The molecule has 1 fully saturated rings. The molecule has 0 bridgehead atoms. The Hall–Kier alpha value is -1.37. The molecule has 7 heteroatoms. The van der Waals surface area contributed by atoms with Crippen molar-refractivity contribution in [2.24, 2.45) is 0 Å². The van der Waals surface area contributed by atoms with E-state index in [4.69, 9.17) is 4.74 Å². The summed E-state index contributed by atoms with van der Waals surface area (Å²) in [4.78, 5) is 1.31. The quantitative estimate of drug-likeness (QED) is 0.650. The molecule has 144 valence electrons. The first-order valence-electron chi connectivity index (χ1n) is 8.60. The van der Waals surface area contributed by atoms with Gasteiger partial charge in [0, 0.05) is 30.8 Å². The van der Waals surface area contributed by atoms with E-state index in [2.05, 4.69) is 0 Å². The molecule has 2 nitrogen and oxygen atoms in total. The van der Waals surface area contributed by atoms with Crippen LogP contribution in [0.25, 0.3) is 0 Å². The van der Waals surface area contributed by atoms with Gasteiger partial charge in [-0.2, -0.15) is 13.2 Å². The van der Waals surface area contributed by atoms with Crippen molar-refractivity contribution >= 4 is 0 Å². The van der Waals surface area contributed by atoms with Crippen molar-refractivity contribution in [2.75, 3.05) is 19.6 Å². The second-order valence-corrected chi connectivity index (χ2v) is 6.16. The van der Waals surface area contributed by atoms with Crippen LogP contribution in [-0.2, 0) is 0 Å². The topological polar surface area (TPSA) is 12.5 Å². The molecule has 1 aliphatic heterocycles. The summed E-state index contributed by atoms with van der Waals surface area (Å²) >= 11 is 0. The van der Waals surface area contributed by atoms with Gasteiger partial charge in [0.05, 0.1) is 6.54 Å². The van der Waals surface area contributed by atoms with Crippen molar-refractivity contribution in [1.29, 1.82) is 0 Å². The first kappa shape index (κ1) is 21.7. The van der Waals surface area contributed by atoms with E-state index in [9.17, 15) is 22.0 Å². The summed E-state index contributed by atoms with van der Waals surface area (Å²) in [6.07, 6.45) is -3.76. The summed E-state index contributed by atoms with van der Waals surface area (Å²) < 4.78 is 70.1. The number of benzene rings is 1. The van der Waals surface area contributed by atoms with E-state index in [1.807, 2.05) is 13.8 Å². The summed E-state index contributed by atoms with van der Waals surface area (Å²) in [5.41, 5.74) is 0.295. The first-order valence-corrected chi connectivity index (χ1v) is 8.60. The van der Waals surface area contributed by atoms with E-state index >= 15 is 0 Å². The van der Waals surface area contributed by atoms with E-state index in [1.54, 1.807) is 13.8 Å². The lowest BCUT2D eigenvalue weighted by atomic mass is 10.0. The maximum atomic E-state index is 13.9. The van der Waals surface area contributed by atoms with Gasteiger partial charge in [0.25, 0.3) is 0 Å². The number of alkyl halides is 3. The zero-order valence-corrected chi connectivity index (χ0v) is 15.1. The van der Waals surface area contributed by atoms with Crippen LogP contribution in [0.1, 0.15) is 52.0 Å². The zero-order chi connectivity index (χ0) is 19.2. The second kappa shape index (κ2) is 9.36. The Kier molecular flexibility index (Phi) is 8.12. The minimum absolute atomic E-state index is 0.145. The van der Waals surface area contributed by atoms with Gasteiger partial charge in [-0.05, 0) is 18.8 Å². The van der Waals surface area contributed by atoms with Gasteiger partial charge in [-0.3, -0.25) is 4.90 Å². The monoisotopic (exact) mass is 367 g/mol. The molecule has 1 aliphatic rings. The zero-order valence-electron chi connectivity index (χ0n) is 15.1. The van der Waals surface area contributed by atoms with E-state index in [1.165, 1.54) is 4.90 Å². The van der Waals surface area contributed by atoms with Crippen LogP contribution in [0.3, 0.4) is 0 Å². The van der Waals surface area contributed by atoms with E-state index in [-0.39, 0.29) is 30.9 Å². The Labute approximate surface area is 146 Å². The van der Waals surface area contributed by atoms with Gasteiger partial charge in [0.15, 0.2) is 0 Å². The highest BCUT2D eigenvalue weighted by atomic mass is 19.4. The predicted octanol–water partition coefficient (Wildman–Crippen LogP) is 5.52. The molecule has 1 saturated heterocycles. The number of ether oxygens (including phenoxy) is 1. The van der Waals surface area contributed by atoms with Crippen LogP contribution in [0, 0.1) is 11.6 Å². The molecule has 1 aromatic rings. The first-order chi connectivity index (χ1) is 11.7. The molecule has 2 rings (SSSR count). The normalized spacial score (nSPS) is 16.6. The number of hydrogen-bond donors (Lipinski definition) is 0. The van der Waals surface area contributed by atoms with Crippen LogP contribution in [0.2, 0.25) is 0 Å². The molecule has 0 radical (unpaired) electrons. The van der Waals surface area contributed by atoms with Crippen LogP contribution in [0.4, 0.5) is 22.0 Å². The van der Waals surface area contributed by atoms with Gasteiger partial charge in [-0.25, -0.2) is 8.78 Å². The van der Waals surface area contributed by atoms with Crippen molar-refractivity contribution in [3.63, 3.8) is 0 Å². The van der Waals surface area contributed by atoms with Gasteiger partial charge >= 0.3 is 6.18 Å². The van der Waals surface area contributed by atoms with Crippen LogP contribution < -0.4 is 4.74 Å². The van der Waals surface area contributed by atoms with Crippen molar-refractivity contribution < 1.29 is 26.7 Å². The average molecular weight is 367 g/mol. The Morgan fingerprint density at radius 1 is 1.12 bits per heavy atom. The molecule has 1 heterocycles. The maximum Gasteiger partial charge on any atom is 0.401 e. The van der Waals surface area contributed by atoms with E-state index < -0.39 is 24.4 Å². The summed E-state index contributed by atoms with van der Waals surface area (Å²) in [6.45, 7) is 7.10. The highest BCUT2D eigenvalue weighted by Gasteiger charge is 2.33. The third kappa shape index (κ3) is 6.80. The SMILES string of the molecule is CC.CC(C)c1c(F)cc(F)cc1OC1CCN(CC(F)(F)F)CC1. The minimum atomic E-state index is -4.22. The molecule has 25 heavy (non-hydrogen) atoms. The molecular formula is C18H26F5NO. The molecule has 0 aromatic heterocycles. The van der Waals surface area contributed by atoms with Gasteiger partial charge in [-0.1, -0.05) is 27.7 Å². The molecule has 0 spiro atoms. The highest BCUT2D eigenvalue weighted by Crippen LogP contribution is 2.32. The summed E-state index contributed by atoms with van der Waals surface area (Å²) in [5, 5.41) is 0. The second-order valence-electron chi connectivity index (χ2n) is 6.16. The Bertz CT molecular complexity index is 537. The predicted molar refractivity (Wildman–Crippen MR) is 87.9 cm³/mol.